The molecule has 7 rings (SSSR count). The van der Waals surface area contributed by atoms with Crippen molar-refractivity contribution in [1.82, 2.24) is 25.1 Å². The highest BCUT2D eigenvalue weighted by Gasteiger charge is 2.40. The zero-order chi connectivity index (χ0) is 37.1. The highest BCUT2D eigenvalue weighted by Crippen LogP contribution is 2.37. The van der Waals surface area contributed by atoms with Crippen molar-refractivity contribution in [2.24, 2.45) is 0 Å². The minimum absolute atomic E-state index is 0.00157. The lowest BCUT2D eigenvalue weighted by Crippen LogP contribution is -2.52. The number of rotatable bonds is 13. The lowest BCUT2D eigenvalue weighted by Gasteiger charge is -2.34. The van der Waals surface area contributed by atoms with E-state index in [9.17, 15) is 24.0 Å². The number of aromatic amines is 1. The normalized spacial score (nSPS) is 17.5. The molecule has 0 bridgehead atoms. The first kappa shape index (κ1) is 36.1. The van der Waals surface area contributed by atoms with Crippen LogP contribution in [-0.2, 0) is 32.1 Å². The van der Waals surface area contributed by atoms with Gasteiger partial charge in [0.1, 0.15) is 24.0 Å². The predicted molar refractivity (Wildman–Crippen MR) is 201 cm³/mol. The molecule has 2 aromatic carbocycles. The number of carbonyl (C=O) groups excluding carboxylic acids is 5. The van der Waals surface area contributed by atoms with Crippen LogP contribution in [0, 0.1) is 0 Å². The van der Waals surface area contributed by atoms with Gasteiger partial charge in [-0.05, 0) is 61.1 Å². The fraction of sp³-hybridized carbons (Fsp3) is 0.400. The Labute approximate surface area is 312 Å². The molecule has 3 aliphatic heterocycles. The zero-order valence-electron chi connectivity index (χ0n) is 29.8. The number of nitrogens with one attached hydrogen (secondary N) is 2. The zero-order valence-corrected chi connectivity index (χ0v) is 30.5. The number of imide groups is 1. The minimum atomic E-state index is -0.662. The van der Waals surface area contributed by atoms with Gasteiger partial charge in [0.05, 0.1) is 18.2 Å². The predicted octanol–water partition coefficient (Wildman–Crippen LogP) is 5.80. The second-order valence-electron chi connectivity index (χ2n) is 13.8. The van der Waals surface area contributed by atoms with Crippen molar-refractivity contribution < 1.29 is 28.7 Å². The number of H-pyrrole nitrogens is 1. The smallest absolute Gasteiger partial charge is 0.255 e. The molecule has 2 aromatic heterocycles. The largest absolute Gasteiger partial charge is 0.493 e. The number of benzene rings is 2. The van der Waals surface area contributed by atoms with E-state index in [1.54, 1.807) is 28.1 Å². The molecule has 1 unspecified atom stereocenters. The van der Waals surface area contributed by atoms with Gasteiger partial charge < -0.3 is 24.4 Å². The summed E-state index contributed by atoms with van der Waals surface area (Å²) in [6.07, 6.45) is 9.81. The summed E-state index contributed by atoms with van der Waals surface area (Å²) in [5.74, 6) is -0.441. The minimum Gasteiger partial charge on any atom is -0.493 e. The first-order valence-corrected chi connectivity index (χ1v) is 18.8. The Morgan fingerprint density at radius 2 is 1.79 bits per heavy atom. The number of fused-ring (bicyclic) bond motifs is 2. The third-order valence-electron chi connectivity index (χ3n) is 10.5. The number of nitrogens with zero attached hydrogens (tertiary/aromatic N) is 4. The number of hydrogen-bond acceptors (Lipinski definition) is 7. The van der Waals surface area contributed by atoms with E-state index in [4.69, 9.17) is 16.3 Å². The van der Waals surface area contributed by atoms with Gasteiger partial charge in [-0.25, -0.2) is 4.98 Å². The van der Waals surface area contributed by atoms with Gasteiger partial charge in [-0.15, -0.1) is 0 Å². The lowest BCUT2D eigenvalue weighted by atomic mass is 10.0. The van der Waals surface area contributed by atoms with Gasteiger partial charge in [-0.2, -0.15) is 0 Å². The van der Waals surface area contributed by atoms with E-state index >= 15 is 0 Å². The Morgan fingerprint density at radius 1 is 0.981 bits per heavy atom. The second-order valence-corrected chi connectivity index (χ2v) is 14.2. The topological polar surface area (TPSA) is 145 Å². The molecule has 0 spiro atoms. The molecule has 12 nitrogen and oxygen atoms in total. The molecule has 4 aromatic rings. The Bertz CT molecular complexity index is 2080. The van der Waals surface area contributed by atoms with Crippen LogP contribution in [-0.4, -0.2) is 81.6 Å². The summed E-state index contributed by atoms with van der Waals surface area (Å²) in [6, 6.07) is 12.4. The number of halogens is 1. The van der Waals surface area contributed by atoms with Crippen molar-refractivity contribution in [2.45, 2.75) is 77.3 Å². The number of ether oxygens (including phenoxy) is 1. The van der Waals surface area contributed by atoms with Crippen molar-refractivity contribution in [3.63, 3.8) is 0 Å². The monoisotopic (exact) mass is 738 g/mol. The first-order valence-electron chi connectivity index (χ1n) is 18.5. The third-order valence-corrected chi connectivity index (χ3v) is 10.9. The molecule has 0 radical (unpaired) electrons. The number of aromatic nitrogens is 2. The highest BCUT2D eigenvalue weighted by atomic mass is 35.5. The maximum Gasteiger partial charge on any atom is 0.255 e. The molecule has 13 heteroatoms. The fourth-order valence-corrected chi connectivity index (χ4v) is 7.91. The van der Waals surface area contributed by atoms with E-state index in [1.807, 2.05) is 36.5 Å². The van der Waals surface area contributed by atoms with Crippen LogP contribution in [0.4, 0.5) is 5.69 Å². The van der Waals surface area contributed by atoms with Gasteiger partial charge >= 0.3 is 0 Å². The van der Waals surface area contributed by atoms with Crippen LogP contribution >= 0.6 is 11.6 Å². The Kier molecular flexibility index (Phi) is 10.8. The number of hydrogen-bond donors (Lipinski definition) is 2. The average molecular weight is 739 g/mol. The number of piperazine rings is 1. The van der Waals surface area contributed by atoms with Gasteiger partial charge in [-0.3, -0.25) is 29.3 Å². The van der Waals surface area contributed by atoms with Gasteiger partial charge in [0.25, 0.3) is 5.91 Å². The number of pyridine rings is 1. The fourth-order valence-electron chi connectivity index (χ4n) is 7.54. The Balaban J connectivity index is 0.825. The maximum absolute atomic E-state index is 13.2. The van der Waals surface area contributed by atoms with Crippen molar-refractivity contribution in [3.8, 4) is 16.9 Å². The van der Waals surface area contributed by atoms with Crippen LogP contribution in [0.3, 0.4) is 0 Å². The van der Waals surface area contributed by atoms with Crippen molar-refractivity contribution in [3.05, 3.63) is 76.6 Å². The quantitative estimate of drug-likeness (QED) is 0.130. The number of carbonyl (C=O) groups is 5. The summed E-state index contributed by atoms with van der Waals surface area (Å²) < 4.78 is 6.07. The van der Waals surface area contributed by atoms with Gasteiger partial charge in [0.15, 0.2) is 0 Å². The van der Waals surface area contributed by atoms with Gasteiger partial charge in [-0.1, -0.05) is 56.0 Å². The Morgan fingerprint density at radius 3 is 2.60 bits per heavy atom. The molecule has 0 saturated carbocycles. The lowest BCUT2D eigenvalue weighted by molar-refractivity contribution is -0.137. The Hall–Kier alpha value is -5.23. The molecule has 2 fully saturated rings. The molecule has 5 amide bonds. The summed E-state index contributed by atoms with van der Waals surface area (Å²) in [5, 5.41) is 3.88. The van der Waals surface area contributed by atoms with Crippen molar-refractivity contribution in [2.75, 3.05) is 31.1 Å². The number of unbranched alkanes of at least 4 members (excludes halogenated alkanes) is 4. The summed E-state index contributed by atoms with van der Waals surface area (Å²) in [7, 11) is 0. The molecule has 2 N–H and O–H groups in total. The molecule has 276 valence electrons. The molecule has 53 heavy (non-hydrogen) atoms. The number of aryl methyl sites for hydroxylation is 1. The van der Waals surface area contributed by atoms with E-state index in [2.05, 4.69) is 22.2 Å². The van der Waals surface area contributed by atoms with E-state index < -0.39 is 11.9 Å². The van der Waals surface area contributed by atoms with Crippen LogP contribution in [0.2, 0.25) is 5.02 Å². The standard InChI is InChI=1S/C40H43ClN6O6/c1-2-25-21-42-38-36(25)37(41)29(22-43-38)26-10-8-11-27(20-26)46-18-17-45(24-35(46)50)34(49)14-6-4-3-5-7-19-53-32-13-9-12-28-30(32)23-47(40(28)52)31-15-16-33(48)44-39(31)51/h8-13,20-22,31H,2-7,14-19,23-24H2,1H3,(H,42,43)(H,44,48,51). The van der Waals surface area contributed by atoms with Gasteiger partial charge in [0.2, 0.25) is 23.6 Å². The van der Waals surface area contributed by atoms with Crippen LogP contribution in [0.5, 0.6) is 5.75 Å². The molecule has 3 aliphatic rings. The van der Waals surface area contributed by atoms with E-state index in [-0.39, 0.29) is 43.1 Å². The van der Waals surface area contributed by atoms with E-state index in [0.29, 0.717) is 48.9 Å². The highest BCUT2D eigenvalue weighted by molar-refractivity contribution is 6.38. The molecular weight excluding hydrogens is 696 g/mol. The second kappa shape index (κ2) is 15.8. The van der Waals surface area contributed by atoms with Crippen LogP contribution in [0.1, 0.15) is 79.8 Å². The molecule has 1 atom stereocenters. The number of anilines is 1. The number of piperidine rings is 1. The summed E-state index contributed by atoms with van der Waals surface area (Å²) in [5.41, 5.74) is 5.61. The van der Waals surface area contributed by atoms with Gasteiger partial charge in [0, 0.05) is 66.1 Å². The molecule has 0 aliphatic carbocycles. The van der Waals surface area contributed by atoms with Crippen molar-refractivity contribution in [1.29, 1.82) is 0 Å². The molecular formula is C40H43ClN6O6. The number of amides is 5. The van der Waals surface area contributed by atoms with Crippen LogP contribution in [0.25, 0.3) is 22.2 Å². The summed E-state index contributed by atoms with van der Waals surface area (Å²) in [6.45, 7) is 3.79. The van der Waals surface area contributed by atoms with E-state index in [0.717, 1.165) is 77.5 Å². The third kappa shape index (κ3) is 7.50. The van der Waals surface area contributed by atoms with E-state index in [1.165, 1.54) is 4.90 Å². The maximum atomic E-state index is 13.2. The van der Waals surface area contributed by atoms with Crippen LogP contribution < -0.4 is 15.0 Å². The average Bonchev–Trinajstić information content (AvgIpc) is 3.74. The SMILES string of the molecule is CCc1c[nH]c2ncc(-c3cccc(N4CCN(C(=O)CCCCCCCOc5cccc6c5CN(C5CCC(=O)NC5=O)C6=O)CC4=O)c3)c(Cl)c12. The summed E-state index contributed by atoms with van der Waals surface area (Å²) >= 11 is 6.86. The van der Waals surface area contributed by atoms with Crippen molar-refractivity contribution >= 4 is 57.9 Å². The molecule has 2 saturated heterocycles. The van der Waals surface area contributed by atoms with Crippen LogP contribution in [0.15, 0.2) is 54.9 Å². The summed E-state index contributed by atoms with van der Waals surface area (Å²) in [4.78, 5) is 75.9. The first-order chi connectivity index (χ1) is 25.7. The molecule has 5 heterocycles.